The second kappa shape index (κ2) is 7.21. The summed E-state index contributed by atoms with van der Waals surface area (Å²) in [4.78, 5) is 34.4. The lowest BCUT2D eigenvalue weighted by Gasteiger charge is -2.07. The molecular weight excluding hydrogens is 300 g/mol. The van der Waals surface area contributed by atoms with Crippen molar-refractivity contribution in [1.82, 2.24) is 5.16 Å². The molecule has 0 saturated heterocycles. The van der Waals surface area contributed by atoms with Gasteiger partial charge in [-0.2, -0.15) is 0 Å². The highest BCUT2D eigenvalue weighted by Crippen LogP contribution is 2.14. The standard InChI is InChI=1S/C15H16N4O4/c1-9-7-13(19-23-9)18-15(22)8-14(21)17-12-5-3-11(4-6-12)16-10(2)20/h3-7H,8H2,1-2H3,(H,16,20)(H,17,21)(H,18,19,22). The van der Waals surface area contributed by atoms with E-state index in [4.69, 9.17) is 4.52 Å². The first-order chi connectivity index (χ1) is 10.9. The summed E-state index contributed by atoms with van der Waals surface area (Å²) in [6.07, 6.45) is -0.348. The van der Waals surface area contributed by atoms with Crippen LogP contribution in [-0.4, -0.2) is 22.9 Å². The summed E-state index contributed by atoms with van der Waals surface area (Å²) in [7, 11) is 0. The van der Waals surface area contributed by atoms with E-state index >= 15 is 0 Å². The van der Waals surface area contributed by atoms with Crippen molar-refractivity contribution in [2.45, 2.75) is 20.3 Å². The van der Waals surface area contributed by atoms with Gasteiger partial charge in [-0.15, -0.1) is 0 Å². The second-order valence-electron chi connectivity index (χ2n) is 4.85. The Hall–Kier alpha value is -3.16. The van der Waals surface area contributed by atoms with Gasteiger partial charge >= 0.3 is 0 Å². The average molecular weight is 316 g/mol. The molecule has 0 fully saturated rings. The van der Waals surface area contributed by atoms with E-state index in [2.05, 4.69) is 21.1 Å². The van der Waals surface area contributed by atoms with E-state index in [0.717, 1.165) is 0 Å². The molecule has 0 unspecified atom stereocenters. The molecule has 0 aliphatic rings. The van der Waals surface area contributed by atoms with Crippen molar-refractivity contribution in [2.24, 2.45) is 0 Å². The van der Waals surface area contributed by atoms with Crippen molar-refractivity contribution in [3.05, 3.63) is 36.1 Å². The Morgan fingerprint density at radius 1 is 1.00 bits per heavy atom. The third kappa shape index (κ3) is 5.27. The lowest BCUT2D eigenvalue weighted by Crippen LogP contribution is -2.21. The minimum absolute atomic E-state index is 0.179. The van der Waals surface area contributed by atoms with Crippen LogP contribution >= 0.6 is 0 Å². The van der Waals surface area contributed by atoms with Crippen LogP contribution in [0.1, 0.15) is 19.1 Å². The first-order valence-electron chi connectivity index (χ1n) is 6.83. The summed E-state index contributed by atoms with van der Waals surface area (Å²) >= 11 is 0. The third-order valence-corrected chi connectivity index (χ3v) is 2.71. The number of hydrogen-bond donors (Lipinski definition) is 3. The molecule has 0 radical (unpaired) electrons. The molecule has 0 atom stereocenters. The van der Waals surface area contributed by atoms with Crippen molar-refractivity contribution < 1.29 is 18.9 Å². The number of benzene rings is 1. The SMILES string of the molecule is CC(=O)Nc1ccc(NC(=O)CC(=O)Nc2cc(C)on2)cc1. The van der Waals surface area contributed by atoms with Crippen LogP contribution in [0.2, 0.25) is 0 Å². The van der Waals surface area contributed by atoms with Gasteiger partial charge in [0.15, 0.2) is 5.82 Å². The number of nitrogens with zero attached hydrogens (tertiary/aromatic N) is 1. The quantitative estimate of drug-likeness (QED) is 0.729. The van der Waals surface area contributed by atoms with Crippen LogP contribution in [0.4, 0.5) is 17.2 Å². The number of hydrogen-bond acceptors (Lipinski definition) is 5. The van der Waals surface area contributed by atoms with E-state index in [1.807, 2.05) is 0 Å². The molecule has 0 aliphatic heterocycles. The van der Waals surface area contributed by atoms with E-state index in [1.165, 1.54) is 6.92 Å². The lowest BCUT2D eigenvalue weighted by molar-refractivity contribution is -0.123. The highest BCUT2D eigenvalue weighted by Gasteiger charge is 2.12. The number of aromatic nitrogens is 1. The zero-order valence-electron chi connectivity index (χ0n) is 12.7. The van der Waals surface area contributed by atoms with Gasteiger partial charge in [0.1, 0.15) is 12.2 Å². The van der Waals surface area contributed by atoms with Gasteiger partial charge < -0.3 is 20.5 Å². The Kier molecular flexibility index (Phi) is 5.08. The second-order valence-corrected chi connectivity index (χ2v) is 4.85. The monoisotopic (exact) mass is 316 g/mol. The zero-order valence-corrected chi connectivity index (χ0v) is 12.7. The Morgan fingerprint density at radius 3 is 2.09 bits per heavy atom. The molecule has 0 spiro atoms. The van der Waals surface area contributed by atoms with Crippen LogP contribution in [0.25, 0.3) is 0 Å². The topological polar surface area (TPSA) is 113 Å². The molecule has 1 heterocycles. The fourth-order valence-electron chi connectivity index (χ4n) is 1.80. The van der Waals surface area contributed by atoms with Gasteiger partial charge in [0.25, 0.3) is 0 Å². The summed E-state index contributed by atoms with van der Waals surface area (Å²) in [5.41, 5.74) is 1.14. The molecule has 0 aliphatic carbocycles. The molecule has 3 N–H and O–H groups in total. The summed E-state index contributed by atoms with van der Waals surface area (Å²) in [5, 5.41) is 11.3. The van der Waals surface area contributed by atoms with Crippen LogP contribution in [0.3, 0.4) is 0 Å². The van der Waals surface area contributed by atoms with Crippen LogP contribution < -0.4 is 16.0 Å². The van der Waals surface area contributed by atoms with Gasteiger partial charge in [0.05, 0.1) is 0 Å². The molecular formula is C15H16N4O4. The van der Waals surface area contributed by atoms with Crippen molar-refractivity contribution in [3.63, 3.8) is 0 Å². The number of anilines is 3. The predicted molar refractivity (Wildman–Crippen MR) is 83.9 cm³/mol. The molecule has 1 aromatic heterocycles. The molecule has 0 bridgehead atoms. The number of aryl methyl sites for hydroxylation is 1. The molecule has 2 aromatic rings. The van der Waals surface area contributed by atoms with Gasteiger partial charge in [-0.1, -0.05) is 5.16 Å². The third-order valence-electron chi connectivity index (χ3n) is 2.71. The predicted octanol–water partition coefficient (Wildman–Crippen LogP) is 1.91. The number of carbonyl (C=O) groups excluding carboxylic acids is 3. The highest BCUT2D eigenvalue weighted by molar-refractivity contribution is 6.07. The summed E-state index contributed by atoms with van der Waals surface area (Å²) < 4.78 is 4.81. The molecule has 23 heavy (non-hydrogen) atoms. The first-order valence-corrected chi connectivity index (χ1v) is 6.83. The number of amides is 3. The maximum absolute atomic E-state index is 11.8. The van der Waals surface area contributed by atoms with Crippen molar-refractivity contribution in [3.8, 4) is 0 Å². The van der Waals surface area contributed by atoms with Gasteiger partial charge in [0.2, 0.25) is 17.7 Å². The van der Waals surface area contributed by atoms with Crippen LogP contribution in [-0.2, 0) is 14.4 Å². The molecule has 8 nitrogen and oxygen atoms in total. The first kappa shape index (κ1) is 16.2. The maximum Gasteiger partial charge on any atom is 0.235 e. The zero-order chi connectivity index (χ0) is 16.8. The van der Waals surface area contributed by atoms with Gasteiger partial charge in [-0.3, -0.25) is 14.4 Å². The van der Waals surface area contributed by atoms with E-state index in [-0.39, 0.29) is 18.1 Å². The van der Waals surface area contributed by atoms with E-state index in [1.54, 1.807) is 37.3 Å². The Balaban J connectivity index is 1.84. The van der Waals surface area contributed by atoms with Crippen molar-refractivity contribution in [1.29, 1.82) is 0 Å². The van der Waals surface area contributed by atoms with E-state index in [9.17, 15) is 14.4 Å². The number of rotatable bonds is 5. The number of carbonyl (C=O) groups is 3. The Labute approximate surface area is 132 Å². The van der Waals surface area contributed by atoms with Gasteiger partial charge in [-0.25, -0.2) is 0 Å². The smallest absolute Gasteiger partial charge is 0.235 e. The molecule has 3 amide bonds. The minimum Gasteiger partial charge on any atom is -0.360 e. The summed E-state index contributed by atoms with van der Waals surface area (Å²) in [5.74, 6) is -0.314. The van der Waals surface area contributed by atoms with Crippen LogP contribution in [0.15, 0.2) is 34.9 Å². The summed E-state index contributed by atoms with van der Waals surface area (Å²) in [6, 6.07) is 8.10. The number of nitrogens with one attached hydrogen (secondary N) is 3. The van der Waals surface area contributed by atoms with Gasteiger partial charge in [0, 0.05) is 24.4 Å². The Bertz CT molecular complexity index is 721. The normalized spacial score (nSPS) is 10.0. The molecule has 1 aromatic carbocycles. The molecule has 120 valence electrons. The summed E-state index contributed by atoms with van der Waals surface area (Å²) in [6.45, 7) is 3.10. The van der Waals surface area contributed by atoms with Crippen molar-refractivity contribution >= 4 is 34.9 Å². The lowest BCUT2D eigenvalue weighted by atomic mass is 10.2. The van der Waals surface area contributed by atoms with Gasteiger partial charge in [-0.05, 0) is 31.2 Å². The maximum atomic E-state index is 11.8. The molecule has 8 heteroatoms. The average Bonchev–Trinajstić information content (AvgIpc) is 2.85. The largest absolute Gasteiger partial charge is 0.360 e. The minimum atomic E-state index is -0.495. The van der Waals surface area contributed by atoms with E-state index in [0.29, 0.717) is 17.1 Å². The van der Waals surface area contributed by atoms with Crippen LogP contribution in [0, 0.1) is 6.92 Å². The molecule has 2 rings (SSSR count). The fourth-order valence-corrected chi connectivity index (χ4v) is 1.80. The Morgan fingerprint density at radius 2 is 1.57 bits per heavy atom. The van der Waals surface area contributed by atoms with Crippen LogP contribution in [0.5, 0.6) is 0 Å². The molecule has 0 saturated carbocycles. The van der Waals surface area contributed by atoms with Crippen molar-refractivity contribution in [2.75, 3.05) is 16.0 Å². The van der Waals surface area contributed by atoms with E-state index < -0.39 is 11.8 Å². The highest BCUT2D eigenvalue weighted by atomic mass is 16.5. The fraction of sp³-hybridized carbons (Fsp3) is 0.200.